The molecule has 5 nitrogen and oxygen atoms in total. The van der Waals surface area contributed by atoms with Gasteiger partial charge in [-0.15, -0.1) is 0 Å². The van der Waals surface area contributed by atoms with Gasteiger partial charge in [0.25, 0.3) is 0 Å². The van der Waals surface area contributed by atoms with Gasteiger partial charge >= 0.3 is 0 Å². The molecule has 0 spiro atoms. The van der Waals surface area contributed by atoms with E-state index in [-0.39, 0.29) is 0 Å². The second kappa shape index (κ2) is 7.92. The molecule has 0 bridgehead atoms. The number of nitrogens with zero attached hydrogens (tertiary/aromatic N) is 3. The van der Waals surface area contributed by atoms with Crippen molar-refractivity contribution in [1.29, 1.82) is 0 Å². The Balaban J connectivity index is 1.62. The number of methoxy groups -OCH3 is 2. The molecule has 0 atom stereocenters. The van der Waals surface area contributed by atoms with Gasteiger partial charge in [-0.05, 0) is 37.3 Å². The van der Waals surface area contributed by atoms with E-state index in [1.165, 1.54) is 11.3 Å². The van der Waals surface area contributed by atoms with Gasteiger partial charge in [-0.2, -0.15) is 5.10 Å². The molecule has 0 radical (unpaired) electrons. The van der Waals surface area contributed by atoms with Gasteiger partial charge in [0.1, 0.15) is 11.5 Å². The minimum atomic E-state index is 0.794. The predicted molar refractivity (Wildman–Crippen MR) is 102 cm³/mol. The van der Waals surface area contributed by atoms with Gasteiger partial charge in [-0.3, -0.25) is 5.01 Å². The number of hydrazone groups is 1. The molecule has 0 N–H and O–H groups in total. The molecule has 0 amide bonds. The van der Waals surface area contributed by atoms with Crippen molar-refractivity contribution in [3.8, 4) is 11.5 Å². The lowest BCUT2D eigenvalue weighted by molar-refractivity contribution is 0.272. The lowest BCUT2D eigenvalue weighted by atomic mass is 10.2. The molecule has 25 heavy (non-hydrogen) atoms. The Bertz CT molecular complexity index is 720. The molecule has 1 aliphatic heterocycles. The van der Waals surface area contributed by atoms with Crippen molar-refractivity contribution in [2.45, 2.75) is 6.92 Å². The fourth-order valence-corrected chi connectivity index (χ4v) is 2.91. The highest BCUT2D eigenvalue weighted by molar-refractivity contribution is 5.84. The molecule has 5 heteroatoms. The largest absolute Gasteiger partial charge is 0.497 e. The summed E-state index contributed by atoms with van der Waals surface area (Å²) in [4.78, 5) is 2.40. The molecule has 0 aliphatic carbocycles. The van der Waals surface area contributed by atoms with Crippen molar-refractivity contribution in [3.05, 3.63) is 53.6 Å². The molecule has 2 aromatic rings. The molecule has 1 heterocycles. The standard InChI is InChI=1S/C20H25N3O2/c1-16-4-6-18(7-5-16)22-10-12-23(13-11-22)21-15-17-14-19(24-2)8-9-20(17)25-3/h4-9,14-15H,10-13H2,1-3H3/b21-15+. The van der Waals surface area contributed by atoms with E-state index in [2.05, 4.69) is 46.2 Å². The summed E-state index contributed by atoms with van der Waals surface area (Å²) < 4.78 is 10.7. The van der Waals surface area contributed by atoms with E-state index in [1.54, 1.807) is 14.2 Å². The van der Waals surface area contributed by atoms with E-state index in [0.29, 0.717) is 0 Å². The highest BCUT2D eigenvalue weighted by Crippen LogP contribution is 2.23. The zero-order chi connectivity index (χ0) is 17.6. The molecular weight excluding hydrogens is 314 g/mol. The first kappa shape index (κ1) is 17.1. The zero-order valence-electron chi connectivity index (χ0n) is 15.1. The number of piperazine rings is 1. The fourth-order valence-electron chi connectivity index (χ4n) is 2.91. The summed E-state index contributed by atoms with van der Waals surface area (Å²) in [6.07, 6.45) is 1.85. The number of hydrogen-bond donors (Lipinski definition) is 0. The van der Waals surface area contributed by atoms with E-state index >= 15 is 0 Å². The Morgan fingerprint density at radius 1 is 0.920 bits per heavy atom. The Hall–Kier alpha value is -2.69. The van der Waals surface area contributed by atoms with Gasteiger partial charge < -0.3 is 14.4 Å². The second-order valence-electron chi connectivity index (χ2n) is 6.13. The average Bonchev–Trinajstić information content (AvgIpc) is 2.67. The van der Waals surface area contributed by atoms with Crippen LogP contribution in [0.4, 0.5) is 5.69 Å². The van der Waals surface area contributed by atoms with Gasteiger partial charge in [0.15, 0.2) is 0 Å². The third kappa shape index (κ3) is 4.24. The van der Waals surface area contributed by atoms with Crippen LogP contribution in [0, 0.1) is 6.92 Å². The Labute approximate surface area is 149 Å². The van der Waals surface area contributed by atoms with E-state index in [1.807, 2.05) is 24.4 Å². The Morgan fingerprint density at radius 3 is 2.28 bits per heavy atom. The summed E-state index contributed by atoms with van der Waals surface area (Å²) in [5.41, 5.74) is 3.49. The van der Waals surface area contributed by atoms with Crippen LogP contribution < -0.4 is 14.4 Å². The van der Waals surface area contributed by atoms with Crippen LogP contribution in [-0.4, -0.2) is 51.6 Å². The summed E-state index contributed by atoms with van der Waals surface area (Å²) in [5.74, 6) is 1.59. The molecule has 0 unspecified atom stereocenters. The van der Waals surface area contributed by atoms with Gasteiger partial charge in [-0.1, -0.05) is 17.7 Å². The van der Waals surface area contributed by atoms with Crippen molar-refractivity contribution in [2.24, 2.45) is 5.10 Å². The highest BCUT2D eigenvalue weighted by atomic mass is 16.5. The molecule has 0 saturated carbocycles. The van der Waals surface area contributed by atoms with Crippen LogP contribution in [0.15, 0.2) is 47.6 Å². The first-order chi connectivity index (χ1) is 12.2. The predicted octanol–water partition coefficient (Wildman–Crippen LogP) is 3.17. The van der Waals surface area contributed by atoms with Crippen molar-refractivity contribution >= 4 is 11.9 Å². The molecule has 132 valence electrons. The number of rotatable bonds is 5. The van der Waals surface area contributed by atoms with Gasteiger partial charge in [0.05, 0.1) is 33.5 Å². The van der Waals surface area contributed by atoms with Gasteiger partial charge in [-0.25, -0.2) is 0 Å². The Morgan fingerprint density at radius 2 is 1.64 bits per heavy atom. The van der Waals surface area contributed by atoms with Crippen LogP contribution in [0.1, 0.15) is 11.1 Å². The van der Waals surface area contributed by atoms with Crippen LogP contribution in [0.2, 0.25) is 0 Å². The van der Waals surface area contributed by atoms with Crippen LogP contribution in [0.3, 0.4) is 0 Å². The normalized spacial score (nSPS) is 14.8. The van der Waals surface area contributed by atoms with E-state index in [0.717, 1.165) is 43.2 Å². The number of anilines is 1. The minimum absolute atomic E-state index is 0.794. The first-order valence-electron chi connectivity index (χ1n) is 8.52. The number of aryl methyl sites for hydroxylation is 1. The average molecular weight is 339 g/mol. The van der Waals surface area contributed by atoms with Crippen LogP contribution in [0.25, 0.3) is 0 Å². The monoisotopic (exact) mass is 339 g/mol. The molecule has 2 aromatic carbocycles. The van der Waals surface area contributed by atoms with Crippen LogP contribution >= 0.6 is 0 Å². The molecule has 0 aromatic heterocycles. The zero-order valence-corrected chi connectivity index (χ0v) is 15.1. The molecule has 1 aliphatic rings. The van der Waals surface area contributed by atoms with Crippen LogP contribution in [-0.2, 0) is 0 Å². The van der Waals surface area contributed by atoms with Crippen molar-refractivity contribution in [2.75, 3.05) is 45.3 Å². The molecule has 1 fully saturated rings. The summed E-state index contributed by atoms with van der Waals surface area (Å²) in [6.45, 7) is 5.85. The van der Waals surface area contributed by atoms with Gasteiger partial charge in [0.2, 0.25) is 0 Å². The van der Waals surface area contributed by atoms with Crippen LogP contribution in [0.5, 0.6) is 11.5 Å². The smallest absolute Gasteiger partial charge is 0.127 e. The third-order valence-electron chi connectivity index (χ3n) is 4.45. The second-order valence-corrected chi connectivity index (χ2v) is 6.13. The van der Waals surface area contributed by atoms with E-state index in [4.69, 9.17) is 9.47 Å². The SMILES string of the molecule is COc1ccc(OC)c(/C=N/N2CCN(c3ccc(C)cc3)CC2)c1. The summed E-state index contributed by atoms with van der Waals surface area (Å²) in [7, 11) is 3.33. The maximum absolute atomic E-state index is 5.40. The highest BCUT2D eigenvalue weighted by Gasteiger charge is 2.15. The number of benzene rings is 2. The first-order valence-corrected chi connectivity index (χ1v) is 8.52. The van der Waals surface area contributed by atoms with E-state index < -0.39 is 0 Å². The number of hydrogen-bond acceptors (Lipinski definition) is 5. The maximum atomic E-state index is 5.40. The molecule has 1 saturated heterocycles. The van der Waals surface area contributed by atoms with Crippen molar-refractivity contribution in [3.63, 3.8) is 0 Å². The van der Waals surface area contributed by atoms with E-state index in [9.17, 15) is 0 Å². The lowest BCUT2D eigenvalue weighted by Crippen LogP contribution is -2.44. The summed E-state index contributed by atoms with van der Waals surface area (Å²) in [5, 5.41) is 6.73. The fraction of sp³-hybridized carbons (Fsp3) is 0.350. The Kier molecular flexibility index (Phi) is 5.43. The van der Waals surface area contributed by atoms with Gasteiger partial charge in [0, 0.05) is 24.3 Å². The third-order valence-corrected chi connectivity index (χ3v) is 4.45. The van der Waals surface area contributed by atoms with Crippen molar-refractivity contribution < 1.29 is 9.47 Å². The maximum Gasteiger partial charge on any atom is 0.127 e. The summed E-state index contributed by atoms with van der Waals surface area (Å²) >= 11 is 0. The molecule has 3 rings (SSSR count). The van der Waals surface area contributed by atoms with Crippen molar-refractivity contribution in [1.82, 2.24) is 5.01 Å². The topological polar surface area (TPSA) is 37.3 Å². The summed E-state index contributed by atoms with van der Waals surface area (Å²) in [6, 6.07) is 14.4. The molecular formula is C20H25N3O2. The quantitative estimate of drug-likeness (QED) is 0.784. The minimum Gasteiger partial charge on any atom is -0.497 e. The number of ether oxygens (including phenoxy) is 2. The lowest BCUT2D eigenvalue weighted by Gasteiger charge is -2.34.